The first kappa shape index (κ1) is 22.3. The molecule has 2 N–H and O–H groups in total. The molecule has 0 unspecified atom stereocenters. The van der Waals surface area contributed by atoms with Gasteiger partial charge in [0, 0.05) is 19.4 Å². The largest absolute Gasteiger partial charge is 0.438 e. The minimum atomic E-state index is -0.975. The zero-order valence-electron chi connectivity index (χ0n) is 18.6. The van der Waals surface area contributed by atoms with Crippen LogP contribution in [0, 0.1) is 0 Å². The Morgan fingerprint density at radius 2 is 1.63 bits per heavy atom. The summed E-state index contributed by atoms with van der Waals surface area (Å²) in [5.41, 5.74) is -0.0167. The van der Waals surface area contributed by atoms with E-state index in [1.54, 1.807) is 32.6 Å². The average Bonchev–Trinajstić information content (AvgIpc) is 2.66. The Kier molecular flexibility index (Phi) is 5.99. The van der Waals surface area contributed by atoms with Crippen LogP contribution in [0.1, 0.15) is 70.2 Å². The summed E-state index contributed by atoms with van der Waals surface area (Å²) in [5, 5.41) is 20.7. The van der Waals surface area contributed by atoms with E-state index in [9.17, 15) is 15.0 Å². The second-order valence-electron chi connectivity index (χ2n) is 9.52. The summed E-state index contributed by atoms with van der Waals surface area (Å²) >= 11 is 0. The Bertz CT molecular complexity index is 865. The molecule has 1 fully saturated rings. The van der Waals surface area contributed by atoms with Crippen molar-refractivity contribution in [1.82, 2.24) is 4.90 Å². The molecule has 1 aliphatic heterocycles. The number of rotatable bonds is 6. The minimum absolute atomic E-state index is 0.163. The normalized spacial score (nSPS) is 21.3. The Labute approximate surface area is 179 Å². The molecule has 1 heterocycles. The van der Waals surface area contributed by atoms with Crippen molar-refractivity contribution in [2.24, 2.45) is 0 Å². The molecule has 0 saturated carbocycles. The Hall–Kier alpha value is -2.37. The first-order chi connectivity index (χ1) is 13.9. The summed E-state index contributed by atoms with van der Waals surface area (Å²) in [6.45, 7) is 9.48. The van der Waals surface area contributed by atoms with Crippen molar-refractivity contribution in [2.45, 2.75) is 70.3 Å². The molecule has 2 atom stereocenters. The van der Waals surface area contributed by atoms with Crippen LogP contribution in [-0.2, 0) is 15.9 Å². The van der Waals surface area contributed by atoms with Crippen LogP contribution in [0.3, 0.4) is 0 Å². The number of cyclic esters (lactones) is 1. The van der Waals surface area contributed by atoms with Gasteiger partial charge in [0.25, 0.3) is 0 Å². The maximum atomic E-state index is 13.1. The molecule has 0 spiro atoms. The number of benzene rings is 2. The van der Waals surface area contributed by atoms with Crippen molar-refractivity contribution >= 4 is 6.09 Å². The van der Waals surface area contributed by atoms with Gasteiger partial charge in [-0.2, -0.15) is 0 Å². The third-order valence-electron chi connectivity index (χ3n) is 5.86. The number of carbonyl (C=O) groups excluding carboxylic acids is 1. The molecule has 0 bridgehead atoms. The Morgan fingerprint density at radius 1 is 1.03 bits per heavy atom. The lowest BCUT2D eigenvalue weighted by Crippen LogP contribution is -2.51. The Balaban J connectivity index is 1.82. The predicted octanol–water partition coefficient (Wildman–Crippen LogP) is 4.87. The van der Waals surface area contributed by atoms with E-state index in [2.05, 4.69) is 0 Å². The minimum Gasteiger partial charge on any atom is -0.438 e. The van der Waals surface area contributed by atoms with Crippen molar-refractivity contribution in [3.63, 3.8) is 0 Å². The average molecular weight is 412 g/mol. The van der Waals surface area contributed by atoms with Crippen LogP contribution in [0.5, 0.6) is 0 Å². The lowest BCUT2D eigenvalue weighted by molar-refractivity contribution is -0.101. The Morgan fingerprint density at radius 3 is 2.13 bits per heavy atom. The van der Waals surface area contributed by atoms with Gasteiger partial charge >= 0.3 is 6.09 Å². The van der Waals surface area contributed by atoms with Crippen LogP contribution in [-0.4, -0.2) is 33.4 Å². The van der Waals surface area contributed by atoms with Crippen LogP contribution in [0.25, 0.3) is 0 Å². The highest BCUT2D eigenvalue weighted by Crippen LogP contribution is 2.42. The molecule has 5 nitrogen and oxygen atoms in total. The number of hydrogen-bond acceptors (Lipinski definition) is 4. The van der Waals surface area contributed by atoms with Gasteiger partial charge in [-0.3, -0.25) is 0 Å². The third kappa shape index (κ3) is 4.85. The van der Waals surface area contributed by atoms with E-state index in [0.29, 0.717) is 19.4 Å². The number of amides is 1. The monoisotopic (exact) mass is 411 g/mol. The molecule has 2 aromatic carbocycles. The van der Waals surface area contributed by atoms with Gasteiger partial charge in [-0.25, -0.2) is 4.79 Å². The topological polar surface area (TPSA) is 70.0 Å². The zero-order chi connectivity index (χ0) is 22.2. The third-order valence-corrected chi connectivity index (χ3v) is 5.86. The molecule has 5 heteroatoms. The summed E-state index contributed by atoms with van der Waals surface area (Å²) in [6.07, 6.45) is 0.547. The summed E-state index contributed by atoms with van der Waals surface area (Å²) in [6, 6.07) is 17.2. The van der Waals surface area contributed by atoms with E-state index in [0.717, 1.165) is 16.7 Å². The SMILES string of the molecule is C[C@@H](c1ccc(C(C)(C)O)cc1)N1CC[C@](CC(C)(C)O)(c2ccccc2)OC1=O. The van der Waals surface area contributed by atoms with Crippen LogP contribution in [0.15, 0.2) is 54.6 Å². The van der Waals surface area contributed by atoms with Crippen LogP contribution in [0.4, 0.5) is 4.79 Å². The molecule has 3 rings (SSSR count). The number of hydrogen-bond donors (Lipinski definition) is 2. The van der Waals surface area contributed by atoms with Gasteiger partial charge in [0.1, 0.15) is 5.60 Å². The number of carbonyl (C=O) groups is 1. The predicted molar refractivity (Wildman–Crippen MR) is 117 cm³/mol. The summed E-state index contributed by atoms with van der Waals surface area (Å²) < 4.78 is 6.06. The van der Waals surface area contributed by atoms with Gasteiger partial charge in [-0.05, 0) is 51.3 Å². The standard InChI is InChI=1S/C25H33NO4/c1-18(19-11-13-20(14-12-19)24(4,5)29)26-16-15-25(30-22(26)27,17-23(2,3)28)21-9-7-6-8-10-21/h6-14,18,28-29H,15-17H2,1-5H3/t18-,25-/m0/s1. The van der Waals surface area contributed by atoms with Crippen molar-refractivity contribution < 1.29 is 19.7 Å². The van der Waals surface area contributed by atoms with Gasteiger partial charge in [0.05, 0.1) is 17.2 Å². The molecule has 2 aromatic rings. The van der Waals surface area contributed by atoms with E-state index in [1.165, 1.54) is 0 Å². The van der Waals surface area contributed by atoms with Crippen LogP contribution < -0.4 is 0 Å². The highest BCUT2D eigenvalue weighted by Gasteiger charge is 2.46. The summed E-state index contributed by atoms with van der Waals surface area (Å²) in [7, 11) is 0. The molecule has 30 heavy (non-hydrogen) atoms. The zero-order valence-corrected chi connectivity index (χ0v) is 18.6. The maximum Gasteiger partial charge on any atom is 0.411 e. The summed E-state index contributed by atoms with van der Waals surface area (Å²) in [5.74, 6) is 0. The molecule has 0 radical (unpaired) electrons. The van der Waals surface area contributed by atoms with Gasteiger partial charge in [0.15, 0.2) is 0 Å². The van der Waals surface area contributed by atoms with Gasteiger partial charge in [-0.1, -0.05) is 54.6 Å². The smallest absolute Gasteiger partial charge is 0.411 e. The lowest BCUT2D eigenvalue weighted by atomic mass is 9.80. The number of nitrogens with zero attached hydrogens (tertiary/aromatic N) is 1. The van der Waals surface area contributed by atoms with Gasteiger partial charge in [0.2, 0.25) is 0 Å². The molecule has 0 aliphatic carbocycles. The van der Waals surface area contributed by atoms with E-state index in [-0.39, 0.29) is 12.1 Å². The number of aliphatic hydroxyl groups is 2. The molecule has 0 aromatic heterocycles. The second-order valence-corrected chi connectivity index (χ2v) is 9.52. The maximum absolute atomic E-state index is 13.1. The van der Waals surface area contributed by atoms with E-state index in [4.69, 9.17) is 4.74 Å². The molecule has 1 saturated heterocycles. The van der Waals surface area contributed by atoms with Crippen molar-refractivity contribution in [3.05, 3.63) is 71.3 Å². The first-order valence-corrected chi connectivity index (χ1v) is 10.5. The molecule has 162 valence electrons. The number of ether oxygens (including phenoxy) is 1. The lowest BCUT2D eigenvalue weighted by Gasteiger charge is -2.45. The van der Waals surface area contributed by atoms with Crippen molar-refractivity contribution in [3.8, 4) is 0 Å². The fraction of sp³-hybridized carbons (Fsp3) is 0.480. The van der Waals surface area contributed by atoms with E-state index in [1.807, 2.05) is 61.5 Å². The summed E-state index contributed by atoms with van der Waals surface area (Å²) in [4.78, 5) is 14.8. The molecular formula is C25H33NO4. The fourth-order valence-corrected chi connectivity index (χ4v) is 4.24. The van der Waals surface area contributed by atoms with Crippen molar-refractivity contribution in [2.75, 3.05) is 6.54 Å². The highest BCUT2D eigenvalue weighted by molar-refractivity contribution is 5.70. The van der Waals surface area contributed by atoms with Crippen LogP contribution >= 0.6 is 0 Å². The molecule has 1 amide bonds. The highest BCUT2D eigenvalue weighted by atomic mass is 16.6. The van der Waals surface area contributed by atoms with Crippen LogP contribution in [0.2, 0.25) is 0 Å². The molecule has 1 aliphatic rings. The van der Waals surface area contributed by atoms with E-state index < -0.39 is 16.8 Å². The van der Waals surface area contributed by atoms with Gasteiger partial charge in [-0.15, -0.1) is 0 Å². The fourth-order valence-electron chi connectivity index (χ4n) is 4.24. The van der Waals surface area contributed by atoms with Gasteiger partial charge < -0.3 is 19.8 Å². The second kappa shape index (κ2) is 8.05. The first-order valence-electron chi connectivity index (χ1n) is 10.5. The van der Waals surface area contributed by atoms with E-state index >= 15 is 0 Å². The quantitative estimate of drug-likeness (QED) is 0.711. The van der Waals surface area contributed by atoms with Crippen molar-refractivity contribution in [1.29, 1.82) is 0 Å². The molecular weight excluding hydrogens is 378 g/mol.